The maximum absolute atomic E-state index is 12.6. The Morgan fingerprint density at radius 2 is 1.84 bits per heavy atom. The van der Waals surface area contributed by atoms with E-state index in [1.807, 2.05) is 49.4 Å². The van der Waals surface area contributed by atoms with E-state index in [0.29, 0.717) is 4.88 Å². The Kier molecular flexibility index (Phi) is 3.98. The normalized spacial score (nSPS) is 12.4. The molecular weight excluding hydrogens is 328 g/mol. The summed E-state index contributed by atoms with van der Waals surface area (Å²) in [7, 11) is 0. The van der Waals surface area contributed by atoms with Crippen molar-refractivity contribution < 1.29 is 4.79 Å². The molecule has 0 saturated carbocycles. The molecule has 0 bridgehead atoms. The number of carbonyl (C=O) groups is 1. The van der Waals surface area contributed by atoms with Gasteiger partial charge in [0, 0.05) is 10.8 Å². The third-order valence-corrected chi connectivity index (χ3v) is 5.37. The summed E-state index contributed by atoms with van der Waals surface area (Å²) in [5.41, 5.74) is 3.26. The van der Waals surface area contributed by atoms with Crippen molar-refractivity contribution in [3.05, 3.63) is 76.7 Å². The smallest absolute Gasteiger partial charge is 0.261 e. The number of aromatic nitrogens is 1. The maximum Gasteiger partial charge on any atom is 0.261 e. The van der Waals surface area contributed by atoms with Crippen LogP contribution in [-0.2, 0) is 0 Å². The number of benzene rings is 2. The van der Waals surface area contributed by atoms with E-state index in [0.717, 1.165) is 26.7 Å². The van der Waals surface area contributed by atoms with Crippen LogP contribution < -0.4 is 5.32 Å². The fourth-order valence-corrected chi connectivity index (χ4v) is 3.88. The van der Waals surface area contributed by atoms with Crippen molar-refractivity contribution >= 4 is 38.4 Å². The lowest BCUT2D eigenvalue weighted by molar-refractivity contribution is 0.0944. The van der Waals surface area contributed by atoms with Gasteiger partial charge in [0.25, 0.3) is 5.91 Å². The van der Waals surface area contributed by atoms with Crippen LogP contribution in [0.15, 0.2) is 60.7 Å². The average Bonchev–Trinajstić information content (AvgIpc) is 3.03. The highest BCUT2D eigenvalue weighted by Gasteiger charge is 2.15. The summed E-state index contributed by atoms with van der Waals surface area (Å²) in [5.74, 6) is -0.0559. The van der Waals surface area contributed by atoms with Crippen LogP contribution >= 0.6 is 11.3 Å². The fourth-order valence-electron chi connectivity index (χ4n) is 2.96. The van der Waals surface area contributed by atoms with Crippen LogP contribution in [0.1, 0.15) is 33.8 Å². The van der Waals surface area contributed by atoms with Gasteiger partial charge in [-0.2, -0.15) is 0 Å². The van der Waals surface area contributed by atoms with E-state index in [4.69, 9.17) is 4.98 Å². The fraction of sp³-hybridized carbons (Fsp3) is 0.143. The van der Waals surface area contributed by atoms with Crippen LogP contribution in [0.3, 0.4) is 0 Å². The molecule has 3 nitrogen and oxygen atoms in total. The van der Waals surface area contributed by atoms with Gasteiger partial charge in [-0.3, -0.25) is 4.79 Å². The Hall–Kier alpha value is -2.72. The summed E-state index contributed by atoms with van der Waals surface area (Å²) in [6, 6.07) is 20.2. The van der Waals surface area contributed by atoms with Gasteiger partial charge in [0.2, 0.25) is 0 Å². The Morgan fingerprint density at radius 1 is 1.04 bits per heavy atom. The van der Waals surface area contributed by atoms with Crippen LogP contribution in [0, 0.1) is 6.92 Å². The second kappa shape index (κ2) is 6.30. The zero-order chi connectivity index (χ0) is 17.4. The molecule has 0 radical (unpaired) electrons. The predicted molar refractivity (Wildman–Crippen MR) is 104 cm³/mol. The van der Waals surface area contributed by atoms with Gasteiger partial charge in [0.15, 0.2) is 0 Å². The molecule has 4 rings (SSSR count). The van der Waals surface area contributed by atoms with E-state index in [1.165, 1.54) is 16.9 Å². The Bertz CT molecular complexity index is 1070. The number of nitrogens with one attached hydrogen (secondary N) is 1. The number of amides is 1. The number of fused-ring (bicyclic) bond motifs is 2. The van der Waals surface area contributed by atoms with Crippen LogP contribution in [0.2, 0.25) is 0 Å². The lowest BCUT2D eigenvalue weighted by atomic mass is 10.1. The number of hydrogen-bond donors (Lipinski definition) is 1. The van der Waals surface area contributed by atoms with E-state index in [2.05, 4.69) is 30.4 Å². The van der Waals surface area contributed by atoms with E-state index in [9.17, 15) is 4.79 Å². The highest BCUT2D eigenvalue weighted by atomic mass is 32.1. The molecule has 0 aliphatic carbocycles. The molecule has 0 fully saturated rings. The molecule has 2 aromatic carbocycles. The molecule has 124 valence electrons. The molecule has 0 aliphatic rings. The SMILES string of the molecule is Cc1ccc2nc3sc(C(=O)N[C@H](C)c4ccccc4)cc3cc2c1. The van der Waals surface area contributed by atoms with Gasteiger partial charge in [-0.25, -0.2) is 4.98 Å². The predicted octanol–water partition coefficient (Wildman–Crippen LogP) is 5.25. The molecule has 25 heavy (non-hydrogen) atoms. The quantitative estimate of drug-likeness (QED) is 0.550. The summed E-state index contributed by atoms with van der Waals surface area (Å²) in [6.07, 6.45) is 0. The number of pyridine rings is 1. The largest absolute Gasteiger partial charge is 0.345 e. The molecule has 1 atom stereocenters. The first-order chi connectivity index (χ1) is 12.1. The van der Waals surface area contributed by atoms with Crippen LogP contribution in [0.4, 0.5) is 0 Å². The lowest BCUT2D eigenvalue weighted by Crippen LogP contribution is -2.25. The van der Waals surface area contributed by atoms with Gasteiger partial charge in [0.05, 0.1) is 16.4 Å². The molecular formula is C21H18N2OS. The molecule has 4 aromatic rings. The number of rotatable bonds is 3. The third-order valence-electron chi connectivity index (χ3n) is 4.33. The van der Waals surface area contributed by atoms with Gasteiger partial charge in [-0.05, 0) is 43.7 Å². The molecule has 0 saturated heterocycles. The van der Waals surface area contributed by atoms with E-state index in [1.54, 1.807) is 0 Å². The monoisotopic (exact) mass is 346 g/mol. The maximum atomic E-state index is 12.6. The second-order valence-corrected chi connectivity index (χ2v) is 7.33. The first-order valence-electron chi connectivity index (χ1n) is 8.27. The molecule has 1 amide bonds. The number of hydrogen-bond acceptors (Lipinski definition) is 3. The second-order valence-electron chi connectivity index (χ2n) is 6.30. The summed E-state index contributed by atoms with van der Waals surface area (Å²) in [5, 5.41) is 5.19. The highest BCUT2D eigenvalue weighted by molar-refractivity contribution is 7.20. The van der Waals surface area contributed by atoms with E-state index < -0.39 is 0 Å². The number of nitrogens with zero attached hydrogens (tertiary/aromatic N) is 1. The molecule has 1 N–H and O–H groups in total. The first-order valence-corrected chi connectivity index (χ1v) is 9.08. The van der Waals surface area contributed by atoms with Crippen LogP contribution in [0.5, 0.6) is 0 Å². The Balaban J connectivity index is 1.64. The molecule has 0 spiro atoms. The van der Waals surface area contributed by atoms with Crippen LogP contribution in [-0.4, -0.2) is 10.9 Å². The van der Waals surface area contributed by atoms with Gasteiger partial charge in [-0.1, -0.05) is 42.0 Å². The van der Waals surface area contributed by atoms with Crippen LogP contribution in [0.25, 0.3) is 21.1 Å². The average molecular weight is 346 g/mol. The summed E-state index contributed by atoms with van der Waals surface area (Å²) in [4.78, 5) is 18.9. The Labute approximate surface area is 150 Å². The minimum Gasteiger partial charge on any atom is -0.345 e. The van der Waals surface area contributed by atoms with Gasteiger partial charge in [0.1, 0.15) is 4.83 Å². The van der Waals surface area contributed by atoms with Crippen molar-refractivity contribution in [1.82, 2.24) is 10.3 Å². The number of thiophene rings is 1. The topological polar surface area (TPSA) is 42.0 Å². The van der Waals surface area contributed by atoms with Crippen molar-refractivity contribution in [2.45, 2.75) is 19.9 Å². The minimum atomic E-state index is -0.0559. The molecule has 2 aromatic heterocycles. The molecule has 4 heteroatoms. The van der Waals surface area contributed by atoms with Gasteiger partial charge in [-0.15, -0.1) is 11.3 Å². The highest BCUT2D eigenvalue weighted by Crippen LogP contribution is 2.28. The number of aryl methyl sites for hydroxylation is 1. The molecule has 2 heterocycles. The van der Waals surface area contributed by atoms with Gasteiger partial charge < -0.3 is 5.32 Å². The minimum absolute atomic E-state index is 0.0337. The zero-order valence-corrected chi connectivity index (χ0v) is 14.9. The molecule has 0 unspecified atom stereocenters. The van der Waals surface area contributed by atoms with Crippen molar-refractivity contribution in [3.8, 4) is 0 Å². The third kappa shape index (κ3) is 3.13. The zero-order valence-electron chi connectivity index (χ0n) is 14.1. The lowest BCUT2D eigenvalue weighted by Gasteiger charge is -2.13. The van der Waals surface area contributed by atoms with Crippen molar-refractivity contribution in [2.24, 2.45) is 0 Å². The van der Waals surface area contributed by atoms with Crippen molar-refractivity contribution in [1.29, 1.82) is 0 Å². The van der Waals surface area contributed by atoms with Crippen molar-refractivity contribution in [2.75, 3.05) is 0 Å². The standard InChI is InChI=1S/C21H18N2OS/c1-13-8-9-18-16(10-13)11-17-12-19(25-21(17)23-18)20(24)22-14(2)15-6-4-3-5-7-15/h3-12,14H,1-2H3,(H,22,24)/t14-/m1/s1. The van der Waals surface area contributed by atoms with Gasteiger partial charge >= 0.3 is 0 Å². The summed E-state index contributed by atoms with van der Waals surface area (Å²) < 4.78 is 0. The number of carbonyl (C=O) groups excluding carboxylic acids is 1. The van der Waals surface area contributed by atoms with E-state index in [-0.39, 0.29) is 11.9 Å². The Morgan fingerprint density at radius 3 is 2.64 bits per heavy atom. The summed E-state index contributed by atoms with van der Waals surface area (Å²) >= 11 is 1.44. The van der Waals surface area contributed by atoms with E-state index >= 15 is 0 Å². The summed E-state index contributed by atoms with van der Waals surface area (Å²) in [6.45, 7) is 4.07. The van der Waals surface area contributed by atoms with Crippen molar-refractivity contribution in [3.63, 3.8) is 0 Å². The first kappa shape index (κ1) is 15.8. The molecule has 0 aliphatic heterocycles.